The van der Waals surface area contributed by atoms with Crippen LogP contribution < -0.4 is 10.9 Å². The zero-order valence-electron chi connectivity index (χ0n) is 12.7. The highest BCUT2D eigenvalue weighted by molar-refractivity contribution is 5.87. The highest BCUT2D eigenvalue weighted by Crippen LogP contribution is 2.50. The fraction of sp³-hybridized carbons (Fsp3) is 0.500. The monoisotopic (exact) mass is 342 g/mol. The molecule has 1 saturated heterocycles. The smallest absolute Gasteiger partial charge is 0.368 e. The lowest BCUT2D eigenvalue weighted by molar-refractivity contribution is -0.138. The molecule has 24 heavy (non-hydrogen) atoms. The third-order valence-corrected chi connectivity index (χ3v) is 4.32. The van der Waals surface area contributed by atoms with E-state index in [1.165, 1.54) is 18.2 Å². The van der Waals surface area contributed by atoms with Crippen LogP contribution in [0.2, 0.25) is 0 Å². The van der Waals surface area contributed by atoms with Crippen LogP contribution in [0, 0.1) is 5.92 Å². The molecule has 8 heteroatoms. The number of ether oxygens (including phenoxy) is 1. The molecule has 5 nitrogen and oxygen atoms in total. The molecule has 2 amide bonds. The van der Waals surface area contributed by atoms with Crippen LogP contribution in [0.25, 0.3) is 0 Å². The predicted molar refractivity (Wildman–Crippen MR) is 77.6 cm³/mol. The van der Waals surface area contributed by atoms with Gasteiger partial charge in [0.25, 0.3) is 5.91 Å². The van der Waals surface area contributed by atoms with Crippen molar-refractivity contribution in [1.82, 2.24) is 10.9 Å². The second-order valence-corrected chi connectivity index (χ2v) is 6.01. The molecule has 3 rings (SSSR count). The van der Waals surface area contributed by atoms with Crippen LogP contribution in [0.4, 0.5) is 13.2 Å². The summed E-state index contributed by atoms with van der Waals surface area (Å²) in [6.07, 6.45) is -3.33. The van der Waals surface area contributed by atoms with Gasteiger partial charge in [0.1, 0.15) is 6.10 Å². The molecule has 0 bridgehead atoms. The van der Waals surface area contributed by atoms with Crippen molar-refractivity contribution in [1.29, 1.82) is 0 Å². The number of hydrogen-bond donors (Lipinski definition) is 2. The normalized spacial score (nSPS) is 26.0. The lowest BCUT2D eigenvalue weighted by Crippen LogP contribution is -2.47. The molecule has 1 aromatic rings. The Balaban J connectivity index is 1.57. The Morgan fingerprint density at radius 1 is 1.12 bits per heavy atom. The fourth-order valence-electron chi connectivity index (χ4n) is 2.99. The number of rotatable bonds is 3. The van der Waals surface area contributed by atoms with Gasteiger partial charge in [0.2, 0.25) is 5.91 Å². The molecule has 1 aliphatic carbocycles. The van der Waals surface area contributed by atoms with Crippen molar-refractivity contribution >= 4 is 11.8 Å². The van der Waals surface area contributed by atoms with Gasteiger partial charge in [0, 0.05) is 12.5 Å². The SMILES string of the molecule is O=C(NNC(=O)[C@@H]1C[C@H]1c1ccccc1C(F)(F)F)[C@H]1CCCO1. The summed E-state index contributed by atoms with van der Waals surface area (Å²) in [5.41, 5.74) is 3.96. The number of amides is 2. The number of hydrogen-bond acceptors (Lipinski definition) is 3. The number of hydrazine groups is 1. The van der Waals surface area contributed by atoms with E-state index in [9.17, 15) is 22.8 Å². The highest BCUT2D eigenvalue weighted by atomic mass is 19.4. The minimum atomic E-state index is -4.45. The first-order valence-electron chi connectivity index (χ1n) is 7.75. The van der Waals surface area contributed by atoms with E-state index in [0.29, 0.717) is 19.4 Å². The summed E-state index contributed by atoms with van der Waals surface area (Å²) in [4.78, 5) is 23.8. The molecule has 130 valence electrons. The van der Waals surface area contributed by atoms with E-state index in [1.54, 1.807) is 0 Å². The Morgan fingerprint density at radius 3 is 2.50 bits per heavy atom. The minimum absolute atomic E-state index is 0.121. The summed E-state index contributed by atoms with van der Waals surface area (Å²) in [5.74, 6) is -1.97. The molecule has 0 radical (unpaired) electrons. The molecule has 2 N–H and O–H groups in total. The van der Waals surface area contributed by atoms with Crippen LogP contribution in [0.3, 0.4) is 0 Å². The maximum atomic E-state index is 13.0. The minimum Gasteiger partial charge on any atom is -0.368 e. The number of nitrogens with one attached hydrogen (secondary N) is 2. The van der Waals surface area contributed by atoms with Crippen LogP contribution in [0.15, 0.2) is 24.3 Å². The van der Waals surface area contributed by atoms with E-state index >= 15 is 0 Å². The summed E-state index contributed by atoms with van der Waals surface area (Å²) in [7, 11) is 0. The van der Waals surface area contributed by atoms with Crippen molar-refractivity contribution in [2.75, 3.05) is 6.61 Å². The molecular formula is C16H17F3N2O3. The first kappa shape index (κ1) is 16.8. The first-order valence-corrected chi connectivity index (χ1v) is 7.75. The third-order valence-electron chi connectivity index (χ3n) is 4.32. The van der Waals surface area contributed by atoms with Crippen LogP contribution in [0.1, 0.15) is 36.3 Å². The second kappa shape index (κ2) is 6.43. The molecule has 1 heterocycles. The number of halogens is 3. The molecule has 0 spiro atoms. The van der Waals surface area contributed by atoms with E-state index in [2.05, 4.69) is 10.9 Å². The maximum Gasteiger partial charge on any atom is 0.416 e. The van der Waals surface area contributed by atoms with Crippen LogP contribution >= 0.6 is 0 Å². The van der Waals surface area contributed by atoms with E-state index in [1.807, 2.05) is 0 Å². The number of carbonyl (C=O) groups excluding carboxylic acids is 2. The third kappa shape index (κ3) is 3.53. The van der Waals surface area contributed by atoms with Crippen LogP contribution in [-0.2, 0) is 20.5 Å². The summed E-state index contributed by atoms with van der Waals surface area (Å²) in [5, 5.41) is 0. The van der Waals surface area contributed by atoms with Gasteiger partial charge in [-0.3, -0.25) is 20.4 Å². The van der Waals surface area contributed by atoms with Crippen LogP contribution in [-0.4, -0.2) is 24.5 Å². The van der Waals surface area contributed by atoms with Gasteiger partial charge in [0.15, 0.2) is 0 Å². The second-order valence-electron chi connectivity index (χ2n) is 6.01. The maximum absolute atomic E-state index is 13.0. The van der Waals surface area contributed by atoms with Gasteiger partial charge in [0.05, 0.1) is 5.56 Å². The van der Waals surface area contributed by atoms with Gasteiger partial charge >= 0.3 is 6.18 Å². The Hall–Kier alpha value is -2.09. The fourth-order valence-corrected chi connectivity index (χ4v) is 2.99. The zero-order chi connectivity index (χ0) is 17.3. The summed E-state index contributed by atoms with van der Waals surface area (Å²) in [6.45, 7) is 0.505. The van der Waals surface area contributed by atoms with Crippen molar-refractivity contribution in [3.8, 4) is 0 Å². The van der Waals surface area contributed by atoms with Gasteiger partial charge in [-0.2, -0.15) is 13.2 Å². The van der Waals surface area contributed by atoms with Crippen molar-refractivity contribution in [2.45, 2.75) is 37.5 Å². The highest BCUT2D eigenvalue weighted by Gasteiger charge is 2.48. The Bertz CT molecular complexity index is 642. The lowest BCUT2D eigenvalue weighted by Gasteiger charge is -2.13. The average Bonchev–Trinajstić information content (AvgIpc) is 3.16. The first-order chi connectivity index (χ1) is 11.4. The molecule has 1 aromatic carbocycles. The topological polar surface area (TPSA) is 67.4 Å². The van der Waals surface area contributed by atoms with E-state index in [-0.39, 0.29) is 5.56 Å². The van der Waals surface area contributed by atoms with E-state index in [4.69, 9.17) is 4.74 Å². The zero-order valence-corrected chi connectivity index (χ0v) is 12.7. The number of benzene rings is 1. The summed E-state index contributed by atoms with van der Waals surface area (Å²) in [6, 6.07) is 5.26. The predicted octanol–water partition coefficient (Wildman–Crippen LogP) is 2.14. The van der Waals surface area contributed by atoms with E-state index in [0.717, 1.165) is 12.5 Å². The van der Waals surface area contributed by atoms with Gasteiger partial charge < -0.3 is 4.74 Å². The number of alkyl halides is 3. The van der Waals surface area contributed by atoms with Gasteiger partial charge in [-0.15, -0.1) is 0 Å². The Morgan fingerprint density at radius 2 is 1.83 bits per heavy atom. The molecule has 3 atom stereocenters. The molecule has 2 aliphatic rings. The van der Waals surface area contributed by atoms with Gasteiger partial charge in [-0.25, -0.2) is 0 Å². The number of carbonyl (C=O) groups is 2. The largest absolute Gasteiger partial charge is 0.416 e. The van der Waals surface area contributed by atoms with Gasteiger partial charge in [-0.1, -0.05) is 18.2 Å². The van der Waals surface area contributed by atoms with Crippen LogP contribution in [0.5, 0.6) is 0 Å². The molecule has 2 fully saturated rings. The molecule has 1 saturated carbocycles. The Labute approximate surface area is 136 Å². The lowest BCUT2D eigenvalue weighted by atomic mass is 10.0. The standard InChI is InChI=1S/C16H17F3N2O3/c17-16(18,19)12-5-2-1-4-9(12)10-8-11(10)14(22)20-21-15(23)13-6-3-7-24-13/h1-2,4-5,10-11,13H,3,6-8H2,(H,20,22)(H,21,23)/t10-,11+,13+/m0/s1. The quantitative estimate of drug-likeness (QED) is 0.827. The van der Waals surface area contributed by atoms with E-state index < -0.39 is 41.5 Å². The molecular weight excluding hydrogens is 325 g/mol. The summed E-state index contributed by atoms with van der Waals surface area (Å²) >= 11 is 0. The molecule has 0 aromatic heterocycles. The van der Waals surface area contributed by atoms with Crippen molar-refractivity contribution in [3.63, 3.8) is 0 Å². The molecule has 1 aliphatic heterocycles. The summed E-state index contributed by atoms with van der Waals surface area (Å²) < 4.78 is 44.2. The molecule has 0 unspecified atom stereocenters. The van der Waals surface area contributed by atoms with Crippen molar-refractivity contribution in [2.24, 2.45) is 5.92 Å². The van der Waals surface area contributed by atoms with Crippen molar-refractivity contribution < 1.29 is 27.5 Å². The average molecular weight is 342 g/mol. The van der Waals surface area contributed by atoms with Gasteiger partial charge in [-0.05, 0) is 36.8 Å². The Kier molecular flexibility index (Phi) is 4.49. The van der Waals surface area contributed by atoms with Crippen molar-refractivity contribution in [3.05, 3.63) is 35.4 Å².